The number of benzene rings is 1. The third-order valence-electron chi connectivity index (χ3n) is 6.95. The lowest BCUT2D eigenvalue weighted by Gasteiger charge is -2.36. The number of nitrogens with two attached hydrogens (primary N) is 1. The minimum atomic E-state index is -1.92. The molecular formula is C24H41N3O3Si2. The number of hydrogen-bond donors (Lipinski definition) is 1. The Kier molecular flexibility index (Phi) is 7.66. The van der Waals surface area contributed by atoms with E-state index in [1.165, 1.54) is 4.57 Å². The Morgan fingerprint density at radius 3 is 1.69 bits per heavy atom. The normalized spacial score (nSPS) is 13.4. The highest BCUT2D eigenvalue weighted by atomic mass is 28.4. The van der Waals surface area contributed by atoms with Gasteiger partial charge < -0.3 is 14.6 Å². The molecule has 0 saturated heterocycles. The van der Waals surface area contributed by atoms with Crippen molar-refractivity contribution in [1.29, 1.82) is 0 Å². The van der Waals surface area contributed by atoms with Crippen LogP contribution in [-0.2, 0) is 22.1 Å². The van der Waals surface area contributed by atoms with Crippen LogP contribution >= 0.6 is 0 Å². The molecule has 0 fully saturated rings. The highest BCUT2D eigenvalue weighted by molar-refractivity contribution is 6.74. The van der Waals surface area contributed by atoms with E-state index in [4.69, 9.17) is 14.6 Å². The summed E-state index contributed by atoms with van der Waals surface area (Å²) in [7, 11) is -3.83. The smallest absolute Gasteiger partial charge is 0.354 e. The van der Waals surface area contributed by atoms with E-state index in [1.807, 2.05) is 12.1 Å². The van der Waals surface area contributed by atoms with Crippen molar-refractivity contribution in [3.05, 3.63) is 52.1 Å². The first-order valence-corrected chi connectivity index (χ1v) is 17.0. The molecule has 8 heteroatoms. The summed E-state index contributed by atoms with van der Waals surface area (Å²) in [4.78, 5) is 16.4. The number of aromatic nitrogens is 2. The first-order chi connectivity index (χ1) is 14.4. The second-order valence-electron chi connectivity index (χ2n) is 11.6. The molecule has 0 aliphatic rings. The van der Waals surface area contributed by atoms with E-state index in [2.05, 4.69) is 78.8 Å². The highest BCUT2D eigenvalue weighted by Gasteiger charge is 2.38. The largest absolute Gasteiger partial charge is 0.413 e. The van der Waals surface area contributed by atoms with Crippen molar-refractivity contribution >= 4 is 22.5 Å². The van der Waals surface area contributed by atoms with Gasteiger partial charge in [-0.1, -0.05) is 47.6 Å². The summed E-state index contributed by atoms with van der Waals surface area (Å²) in [6.45, 7) is 23.3. The number of hydrogen-bond acceptors (Lipinski definition) is 5. The lowest BCUT2D eigenvalue weighted by molar-refractivity contribution is 0.270. The SMILES string of the molecule is CC(C)(C)[Si](C)(C)OCc1cc(CO[Si](C)(C)C(C)(C)C)cc(-n2ccc(N)nc2=O)c1. The number of nitrogens with zero attached hydrogens (tertiary/aromatic N) is 2. The number of anilines is 1. The summed E-state index contributed by atoms with van der Waals surface area (Å²) >= 11 is 0. The van der Waals surface area contributed by atoms with Crippen molar-refractivity contribution < 1.29 is 8.85 Å². The summed E-state index contributed by atoms with van der Waals surface area (Å²) < 4.78 is 14.4. The van der Waals surface area contributed by atoms with Gasteiger partial charge in [-0.05, 0) is 65.6 Å². The van der Waals surface area contributed by atoms with E-state index in [-0.39, 0.29) is 15.9 Å². The monoisotopic (exact) mass is 475 g/mol. The van der Waals surface area contributed by atoms with Crippen LogP contribution in [0, 0.1) is 0 Å². The quantitative estimate of drug-likeness (QED) is 0.507. The summed E-state index contributed by atoms with van der Waals surface area (Å²) in [5.74, 6) is 0.213. The fourth-order valence-electron chi connectivity index (χ4n) is 2.62. The van der Waals surface area contributed by atoms with Crippen molar-refractivity contribution in [3.8, 4) is 5.69 Å². The van der Waals surface area contributed by atoms with Gasteiger partial charge in [0.25, 0.3) is 0 Å². The first-order valence-electron chi connectivity index (χ1n) is 11.2. The molecule has 2 N–H and O–H groups in total. The van der Waals surface area contributed by atoms with Gasteiger partial charge in [-0.2, -0.15) is 4.98 Å². The van der Waals surface area contributed by atoms with E-state index in [0.717, 1.165) is 16.8 Å². The Morgan fingerprint density at radius 2 is 1.31 bits per heavy atom. The molecule has 1 aromatic heterocycles. The second-order valence-corrected chi connectivity index (χ2v) is 21.2. The Bertz CT molecular complexity index is 955. The fraction of sp³-hybridized carbons (Fsp3) is 0.583. The molecule has 1 aromatic carbocycles. The zero-order valence-corrected chi connectivity index (χ0v) is 23.5. The molecular weight excluding hydrogens is 434 g/mol. The lowest BCUT2D eigenvalue weighted by Crippen LogP contribution is -2.40. The summed E-state index contributed by atoms with van der Waals surface area (Å²) in [6.07, 6.45) is 1.66. The zero-order valence-electron chi connectivity index (χ0n) is 21.5. The van der Waals surface area contributed by atoms with Crippen LogP contribution in [0.3, 0.4) is 0 Å². The molecule has 178 valence electrons. The van der Waals surface area contributed by atoms with Gasteiger partial charge in [0.05, 0.1) is 18.9 Å². The summed E-state index contributed by atoms with van der Waals surface area (Å²) in [5, 5.41) is 0.243. The summed E-state index contributed by atoms with van der Waals surface area (Å²) in [5.41, 5.74) is 8.06. The Labute approximate surface area is 195 Å². The van der Waals surface area contributed by atoms with Crippen LogP contribution in [0.4, 0.5) is 5.82 Å². The third kappa shape index (κ3) is 6.40. The maximum atomic E-state index is 12.5. The van der Waals surface area contributed by atoms with Gasteiger partial charge in [0, 0.05) is 6.20 Å². The molecule has 0 spiro atoms. The van der Waals surface area contributed by atoms with Crippen molar-refractivity contribution in [3.63, 3.8) is 0 Å². The van der Waals surface area contributed by atoms with Crippen LogP contribution in [0.5, 0.6) is 0 Å². The first kappa shape index (κ1) is 26.5. The molecule has 0 atom stereocenters. The Balaban J connectivity index is 2.42. The van der Waals surface area contributed by atoms with E-state index < -0.39 is 22.3 Å². The standard InChI is InChI=1S/C24H41N3O3Si2/c1-23(2,3)31(7,8)29-16-18-13-19(17-30-32(9,10)24(4,5)6)15-20(14-18)27-12-11-21(25)26-22(27)28/h11-15H,16-17H2,1-10H3,(H2,25,26,28). The van der Waals surface area contributed by atoms with Crippen LogP contribution in [-0.4, -0.2) is 26.2 Å². The van der Waals surface area contributed by atoms with Crippen LogP contribution in [0.15, 0.2) is 35.3 Å². The van der Waals surface area contributed by atoms with E-state index in [1.54, 1.807) is 12.3 Å². The van der Waals surface area contributed by atoms with E-state index in [9.17, 15) is 4.79 Å². The topological polar surface area (TPSA) is 79.4 Å². The minimum Gasteiger partial charge on any atom is -0.413 e. The van der Waals surface area contributed by atoms with E-state index >= 15 is 0 Å². The van der Waals surface area contributed by atoms with Crippen LogP contribution in [0.25, 0.3) is 5.69 Å². The molecule has 6 nitrogen and oxygen atoms in total. The molecule has 32 heavy (non-hydrogen) atoms. The van der Waals surface area contributed by atoms with Crippen molar-refractivity contribution in [2.75, 3.05) is 5.73 Å². The summed E-state index contributed by atoms with van der Waals surface area (Å²) in [6, 6.07) is 7.73. The van der Waals surface area contributed by atoms with Gasteiger partial charge in [-0.25, -0.2) is 4.79 Å². The molecule has 0 aliphatic heterocycles. The predicted molar refractivity (Wildman–Crippen MR) is 138 cm³/mol. The fourth-order valence-corrected chi connectivity index (χ4v) is 4.54. The van der Waals surface area contributed by atoms with Crippen molar-refractivity contribution in [1.82, 2.24) is 9.55 Å². The van der Waals surface area contributed by atoms with Crippen molar-refractivity contribution in [2.45, 2.75) is 91.0 Å². The predicted octanol–water partition coefficient (Wildman–Crippen LogP) is 5.86. The molecule has 0 aliphatic carbocycles. The Hall–Kier alpha value is -1.75. The number of rotatable bonds is 7. The maximum absolute atomic E-state index is 12.5. The van der Waals surface area contributed by atoms with Gasteiger partial charge in [0.15, 0.2) is 16.6 Å². The average molecular weight is 476 g/mol. The van der Waals surface area contributed by atoms with Gasteiger partial charge in [-0.15, -0.1) is 0 Å². The lowest BCUT2D eigenvalue weighted by atomic mass is 10.1. The van der Waals surface area contributed by atoms with Crippen LogP contribution in [0.1, 0.15) is 52.7 Å². The molecule has 1 heterocycles. The van der Waals surface area contributed by atoms with Gasteiger partial charge >= 0.3 is 5.69 Å². The highest BCUT2D eigenvalue weighted by Crippen LogP contribution is 2.38. The number of nitrogen functional groups attached to an aromatic ring is 1. The molecule has 2 aromatic rings. The zero-order chi connectivity index (χ0) is 24.5. The molecule has 0 saturated carbocycles. The maximum Gasteiger partial charge on any atom is 0.354 e. The van der Waals surface area contributed by atoms with E-state index in [0.29, 0.717) is 13.2 Å². The van der Waals surface area contributed by atoms with Gasteiger partial charge in [0.1, 0.15) is 5.82 Å². The van der Waals surface area contributed by atoms with Crippen LogP contribution in [0.2, 0.25) is 36.3 Å². The molecule has 0 unspecified atom stereocenters. The van der Waals surface area contributed by atoms with Crippen LogP contribution < -0.4 is 11.4 Å². The minimum absolute atomic E-state index is 0.122. The van der Waals surface area contributed by atoms with Gasteiger partial charge in [0.2, 0.25) is 0 Å². The van der Waals surface area contributed by atoms with Crippen molar-refractivity contribution in [2.24, 2.45) is 0 Å². The van der Waals surface area contributed by atoms with Gasteiger partial charge in [-0.3, -0.25) is 4.57 Å². The second kappa shape index (κ2) is 9.25. The molecule has 0 amide bonds. The third-order valence-corrected chi connectivity index (χ3v) is 15.9. The molecule has 2 rings (SSSR count). The average Bonchev–Trinajstić information content (AvgIpc) is 2.63. The Morgan fingerprint density at radius 1 is 0.875 bits per heavy atom. The molecule has 0 bridgehead atoms. The molecule has 0 radical (unpaired) electrons.